The highest BCUT2D eigenvalue weighted by Gasteiger charge is 2.08. The minimum absolute atomic E-state index is 0.0661. The number of amides is 1. The first-order valence-corrected chi connectivity index (χ1v) is 9.11. The number of nitrogens with one attached hydrogen (secondary N) is 2. The molecule has 0 fully saturated rings. The molecule has 4 nitrogen and oxygen atoms in total. The van der Waals surface area contributed by atoms with E-state index in [9.17, 15) is 4.79 Å². The van der Waals surface area contributed by atoms with E-state index in [1.807, 2.05) is 79.7 Å². The maximum absolute atomic E-state index is 12.3. The maximum atomic E-state index is 12.3. The van der Waals surface area contributed by atoms with Crippen LogP contribution >= 0.6 is 0 Å². The molecule has 0 aromatic heterocycles. The number of hydrogen-bond acceptors (Lipinski definition) is 3. The number of anilines is 2. The quantitative estimate of drug-likeness (QED) is 0.593. The average molecular weight is 360 g/mol. The third kappa shape index (κ3) is 5.11. The largest absolute Gasteiger partial charge is 0.457 e. The molecule has 4 heteroatoms. The van der Waals surface area contributed by atoms with Gasteiger partial charge in [0.05, 0.1) is 6.54 Å². The van der Waals surface area contributed by atoms with Gasteiger partial charge in [-0.25, -0.2) is 0 Å². The van der Waals surface area contributed by atoms with E-state index in [4.69, 9.17) is 4.74 Å². The normalized spacial score (nSPS) is 10.3. The fourth-order valence-electron chi connectivity index (χ4n) is 2.83. The zero-order valence-electron chi connectivity index (χ0n) is 15.7. The lowest BCUT2D eigenvalue weighted by Gasteiger charge is -2.14. The molecule has 0 saturated carbocycles. The smallest absolute Gasteiger partial charge is 0.243 e. The molecule has 0 radical (unpaired) electrons. The standard InChI is InChI=1S/C23H24N2O2/c1-3-18-9-7-8-17(2)23(18)25-22(26)16-24-19-12-14-21(15-13-19)27-20-10-5-4-6-11-20/h4-15,24H,3,16H2,1-2H3,(H,25,26). The van der Waals surface area contributed by atoms with E-state index in [0.717, 1.165) is 40.4 Å². The van der Waals surface area contributed by atoms with E-state index < -0.39 is 0 Å². The van der Waals surface area contributed by atoms with E-state index in [0.29, 0.717) is 0 Å². The number of hydrogen-bond donors (Lipinski definition) is 2. The molecule has 138 valence electrons. The van der Waals surface area contributed by atoms with Crippen LogP contribution in [0.3, 0.4) is 0 Å². The molecule has 3 aromatic rings. The molecule has 0 unspecified atom stereocenters. The van der Waals surface area contributed by atoms with Crippen molar-refractivity contribution in [2.75, 3.05) is 17.2 Å². The van der Waals surface area contributed by atoms with Crippen molar-refractivity contribution in [1.82, 2.24) is 0 Å². The summed E-state index contributed by atoms with van der Waals surface area (Å²) in [5.41, 5.74) is 4.00. The minimum Gasteiger partial charge on any atom is -0.457 e. The van der Waals surface area contributed by atoms with E-state index in [2.05, 4.69) is 17.6 Å². The third-order valence-electron chi connectivity index (χ3n) is 4.29. The van der Waals surface area contributed by atoms with Crippen molar-refractivity contribution in [2.45, 2.75) is 20.3 Å². The predicted octanol–water partition coefficient (Wildman–Crippen LogP) is 5.40. The van der Waals surface area contributed by atoms with Crippen LogP contribution in [0.4, 0.5) is 11.4 Å². The van der Waals surface area contributed by atoms with E-state index in [1.165, 1.54) is 0 Å². The summed E-state index contributed by atoms with van der Waals surface area (Å²) in [7, 11) is 0. The highest BCUT2D eigenvalue weighted by atomic mass is 16.5. The molecule has 0 atom stereocenters. The Kier molecular flexibility index (Phi) is 6.10. The van der Waals surface area contributed by atoms with Crippen LogP contribution in [0, 0.1) is 6.92 Å². The summed E-state index contributed by atoms with van der Waals surface area (Å²) in [6.07, 6.45) is 0.883. The summed E-state index contributed by atoms with van der Waals surface area (Å²) in [4.78, 5) is 12.3. The predicted molar refractivity (Wildman–Crippen MR) is 111 cm³/mol. The summed E-state index contributed by atoms with van der Waals surface area (Å²) < 4.78 is 5.77. The van der Waals surface area contributed by atoms with Gasteiger partial charge in [-0.05, 0) is 60.9 Å². The Hall–Kier alpha value is -3.27. The molecule has 3 rings (SSSR count). The topological polar surface area (TPSA) is 50.4 Å². The maximum Gasteiger partial charge on any atom is 0.243 e. The van der Waals surface area contributed by atoms with Gasteiger partial charge in [0.25, 0.3) is 0 Å². The molecule has 3 aromatic carbocycles. The second kappa shape index (κ2) is 8.90. The highest BCUT2D eigenvalue weighted by molar-refractivity contribution is 5.95. The van der Waals surface area contributed by atoms with Crippen LogP contribution in [0.5, 0.6) is 11.5 Å². The number of aryl methyl sites for hydroxylation is 2. The van der Waals surface area contributed by atoms with Crippen molar-refractivity contribution in [3.8, 4) is 11.5 Å². The lowest BCUT2D eigenvalue weighted by Crippen LogP contribution is -2.22. The first kappa shape index (κ1) is 18.5. The van der Waals surface area contributed by atoms with Gasteiger partial charge in [0.1, 0.15) is 11.5 Å². The number of benzene rings is 3. The fourth-order valence-corrected chi connectivity index (χ4v) is 2.83. The molecule has 0 spiro atoms. The molecule has 2 N–H and O–H groups in total. The molecule has 0 aliphatic rings. The van der Waals surface area contributed by atoms with E-state index >= 15 is 0 Å². The van der Waals surface area contributed by atoms with Crippen LogP contribution in [0.1, 0.15) is 18.1 Å². The van der Waals surface area contributed by atoms with Crippen LogP contribution in [-0.4, -0.2) is 12.5 Å². The minimum atomic E-state index is -0.0661. The first-order valence-electron chi connectivity index (χ1n) is 9.11. The van der Waals surface area contributed by atoms with E-state index in [1.54, 1.807) is 0 Å². The van der Waals surface area contributed by atoms with Crippen LogP contribution in [-0.2, 0) is 11.2 Å². The first-order chi connectivity index (χ1) is 13.2. The van der Waals surface area contributed by atoms with Crippen molar-refractivity contribution in [3.05, 3.63) is 83.9 Å². The van der Waals surface area contributed by atoms with Crippen molar-refractivity contribution >= 4 is 17.3 Å². The van der Waals surface area contributed by atoms with Crippen molar-refractivity contribution in [3.63, 3.8) is 0 Å². The van der Waals surface area contributed by atoms with Gasteiger partial charge < -0.3 is 15.4 Å². The molecule has 0 heterocycles. The third-order valence-corrected chi connectivity index (χ3v) is 4.29. The SMILES string of the molecule is CCc1cccc(C)c1NC(=O)CNc1ccc(Oc2ccccc2)cc1. The second-order valence-electron chi connectivity index (χ2n) is 6.30. The number of rotatable bonds is 7. The molecule has 27 heavy (non-hydrogen) atoms. The summed E-state index contributed by atoms with van der Waals surface area (Å²) in [6.45, 7) is 4.30. The molecule has 0 aliphatic heterocycles. The zero-order chi connectivity index (χ0) is 19.1. The van der Waals surface area contributed by atoms with Crippen molar-refractivity contribution in [1.29, 1.82) is 0 Å². The number of carbonyl (C=O) groups excluding carboxylic acids is 1. The van der Waals surface area contributed by atoms with Gasteiger partial charge in [-0.3, -0.25) is 4.79 Å². The van der Waals surface area contributed by atoms with Crippen LogP contribution in [0.2, 0.25) is 0 Å². The lowest BCUT2D eigenvalue weighted by atomic mass is 10.1. The van der Waals surface area contributed by atoms with Gasteiger partial charge in [0.2, 0.25) is 5.91 Å². The van der Waals surface area contributed by atoms with Crippen molar-refractivity contribution < 1.29 is 9.53 Å². The van der Waals surface area contributed by atoms with Gasteiger partial charge in [0.15, 0.2) is 0 Å². The monoisotopic (exact) mass is 360 g/mol. The molecular formula is C23H24N2O2. The van der Waals surface area contributed by atoms with Crippen LogP contribution < -0.4 is 15.4 Å². The van der Waals surface area contributed by atoms with Gasteiger partial charge in [-0.1, -0.05) is 43.3 Å². The second-order valence-corrected chi connectivity index (χ2v) is 6.30. The van der Waals surface area contributed by atoms with Gasteiger partial charge in [-0.2, -0.15) is 0 Å². The van der Waals surface area contributed by atoms with Crippen LogP contribution in [0.25, 0.3) is 0 Å². The summed E-state index contributed by atoms with van der Waals surface area (Å²) in [5.74, 6) is 1.48. The fraction of sp³-hybridized carbons (Fsp3) is 0.174. The summed E-state index contributed by atoms with van der Waals surface area (Å²) in [6, 6.07) is 23.3. The number of ether oxygens (including phenoxy) is 1. The Morgan fingerprint density at radius 3 is 2.30 bits per heavy atom. The molecular weight excluding hydrogens is 336 g/mol. The highest BCUT2D eigenvalue weighted by Crippen LogP contribution is 2.23. The molecule has 0 aliphatic carbocycles. The van der Waals surface area contributed by atoms with E-state index in [-0.39, 0.29) is 12.5 Å². The zero-order valence-corrected chi connectivity index (χ0v) is 15.7. The Morgan fingerprint density at radius 1 is 0.889 bits per heavy atom. The average Bonchev–Trinajstić information content (AvgIpc) is 2.70. The Balaban J connectivity index is 1.55. The van der Waals surface area contributed by atoms with Gasteiger partial charge >= 0.3 is 0 Å². The Bertz CT molecular complexity index is 890. The summed E-state index contributed by atoms with van der Waals surface area (Å²) in [5, 5.41) is 6.16. The molecule has 0 saturated heterocycles. The molecule has 0 bridgehead atoms. The van der Waals surface area contributed by atoms with Gasteiger partial charge in [0, 0.05) is 11.4 Å². The Labute approximate surface area is 160 Å². The van der Waals surface area contributed by atoms with Crippen LogP contribution in [0.15, 0.2) is 72.8 Å². The number of para-hydroxylation sites is 2. The number of carbonyl (C=O) groups is 1. The molecule has 1 amide bonds. The summed E-state index contributed by atoms with van der Waals surface area (Å²) >= 11 is 0. The van der Waals surface area contributed by atoms with Crippen molar-refractivity contribution in [2.24, 2.45) is 0 Å². The Morgan fingerprint density at radius 2 is 1.59 bits per heavy atom. The lowest BCUT2D eigenvalue weighted by molar-refractivity contribution is -0.114. The van der Waals surface area contributed by atoms with Gasteiger partial charge in [-0.15, -0.1) is 0 Å².